The molecule has 5 nitrogen and oxygen atoms in total. The third-order valence-corrected chi connectivity index (χ3v) is 5.76. The summed E-state index contributed by atoms with van der Waals surface area (Å²) >= 11 is 1.40. The monoisotopic (exact) mass is 395 g/mol. The molecule has 1 N–H and O–H groups in total. The predicted octanol–water partition coefficient (Wildman–Crippen LogP) is 3.46. The van der Waals surface area contributed by atoms with Gasteiger partial charge in [-0.1, -0.05) is 6.07 Å². The van der Waals surface area contributed by atoms with Gasteiger partial charge in [-0.2, -0.15) is 0 Å². The highest BCUT2D eigenvalue weighted by molar-refractivity contribution is 7.09. The molecule has 1 aliphatic rings. The van der Waals surface area contributed by atoms with Crippen LogP contribution in [0.2, 0.25) is 0 Å². The lowest BCUT2D eigenvalue weighted by atomic mass is 10.1. The number of carbonyl (C=O) groups is 1. The first-order valence-corrected chi connectivity index (χ1v) is 9.85. The second-order valence-corrected chi connectivity index (χ2v) is 7.84. The minimum absolute atomic E-state index is 0.0503. The zero-order valence-corrected chi connectivity index (χ0v) is 16.0. The number of halogens is 2. The molecule has 0 saturated carbocycles. The maximum atomic E-state index is 13.9. The van der Waals surface area contributed by atoms with Crippen LogP contribution in [0.3, 0.4) is 0 Å². The lowest BCUT2D eigenvalue weighted by molar-refractivity contribution is -0.138. The van der Waals surface area contributed by atoms with E-state index < -0.39 is 17.6 Å². The van der Waals surface area contributed by atoms with Crippen molar-refractivity contribution < 1.29 is 18.7 Å². The molecule has 8 heteroatoms. The molecular weight excluding hydrogens is 372 g/mol. The van der Waals surface area contributed by atoms with Gasteiger partial charge in [-0.15, -0.1) is 11.3 Å². The topological polar surface area (TPSA) is 56.7 Å². The van der Waals surface area contributed by atoms with Crippen molar-refractivity contribution >= 4 is 17.3 Å². The molecule has 3 rings (SSSR count). The lowest BCUT2D eigenvalue weighted by Crippen LogP contribution is -2.36. The molecule has 1 atom stereocenters. The van der Waals surface area contributed by atoms with Crippen LogP contribution in [0.5, 0.6) is 0 Å². The minimum Gasteiger partial charge on any atom is -0.480 e. The highest BCUT2D eigenvalue weighted by Gasteiger charge is 2.22. The summed E-state index contributed by atoms with van der Waals surface area (Å²) in [5, 5.41) is 11.5. The Morgan fingerprint density at radius 2 is 2.07 bits per heavy atom. The number of hydrogen-bond donors (Lipinski definition) is 1. The van der Waals surface area contributed by atoms with Crippen LogP contribution in [0, 0.1) is 11.6 Å². The molecule has 1 fully saturated rings. The van der Waals surface area contributed by atoms with E-state index in [4.69, 9.17) is 5.11 Å². The van der Waals surface area contributed by atoms with Gasteiger partial charge in [-0.05, 0) is 45.0 Å². The molecule has 0 spiro atoms. The van der Waals surface area contributed by atoms with Crippen LogP contribution >= 0.6 is 11.3 Å². The second kappa shape index (κ2) is 8.86. The molecule has 1 saturated heterocycles. The van der Waals surface area contributed by atoms with E-state index in [2.05, 4.69) is 9.88 Å². The SMILES string of the molecule is CN(CC(=O)O)C1CCCN(Cc2nc(-c3c(F)cccc3F)cs2)CC1. The van der Waals surface area contributed by atoms with Crippen molar-refractivity contribution in [2.45, 2.75) is 31.8 Å². The van der Waals surface area contributed by atoms with E-state index in [9.17, 15) is 13.6 Å². The first kappa shape index (κ1) is 19.9. The molecule has 27 heavy (non-hydrogen) atoms. The van der Waals surface area contributed by atoms with E-state index >= 15 is 0 Å². The second-order valence-electron chi connectivity index (χ2n) is 6.89. The smallest absolute Gasteiger partial charge is 0.317 e. The zero-order valence-electron chi connectivity index (χ0n) is 15.2. The number of nitrogens with zero attached hydrogens (tertiary/aromatic N) is 3. The fraction of sp³-hybridized carbons (Fsp3) is 0.474. The van der Waals surface area contributed by atoms with Gasteiger partial charge in [0.2, 0.25) is 0 Å². The lowest BCUT2D eigenvalue weighted by Gasteiger charge is -2.25. The van der Waals surface area contributed by atoms with Crippen molar-refractivity contribution in [2.75, 3.05) is 26.7 Å². The Morgan fingerprint density at radius 3 is 2.78 bits per heavy atom. The van der Waals surface area contributed by atoms with Gasteiger partial charge in [-0.25, -0.2) is 13.8 Å². The van der Waals surface area contributed by atoms with Gasteiger partial charge in [0, 0.05) is 18.0 Å². The number of hydrogen-bond acceptors (Lipinski definition) is 5. The van der Waals surface area contributed by atoms with E-state index in [-0.39, 0.29) is 18.2 Å². The fourth-order valence-corrected chi connectivity index (χ4v) is 4.34. The van der Waals surface area contributed by atoms with Crippen LogP contribution < -0.4 is 0 Å². The highest BCUT2D eigenvalue weighted by atomic mass is 32.1. The average Bonchev–Trinajstić information content (AvgIpc) is 2.91. The van der Waals surface area contributed by atoms with Crippen molar-refractivity contribution in [3.63, 3.8) is 0 Å². The summed E-state index contributed by atoms with van der Waals surface area (Å²) in [4.78, 5) is 19.5. The zero-order chi connectivity index (χ0) is 19.4. The van der Waals surface area contributed by atoms with Crippen molar-refractivity contribution in [3.05, 3.63) is 40.2 Å². The number of thiazole rings is 1. The molecule has 0 aliphatic carbocycles. The first-order valence-electron chi connectivity index (χ1n) is 8.97. The number of aliphatic carboxylic acids is 1. The quantitative estimate of drug-likeness (QED) is 0.812. The molecule has 0 amide bonds. The molecule has 0 radical (unpaired) electrons. The Balaban J connectivity index is 1.62. The van der Waals surface area contributed by atoms with Crippen LogP contribution in [0.25, 0.3) is 11.3 Å². The summed E-state index contributed by atoms with van der Waals surface area (Å²) in [5.74, 6) is -2.02. The Labute approximate surface area is 161 Å². The molecule has 2 aromatic rings. The van der Waals surface area contributed by atoms with Gasteiger partial charge < -0.3 is 5.11 Å². The van der Waals surface area contributed by atoms with Crippen molar-refractivity contribution in [1.82, 2.24) is 14.8 Å². The normalized spacial score (nSPS) is 18.6. The number of benzene rings is 1. The van der Waals surface area contributed by atoms with Gasteiger partial charge in [-0.3, -0.25) is 14.6 Å². The molecule has 1 aromatic carbocycles. The number of likely N-dealkylation sites (tertiary alicyclic amines) is 1. The van der Waals surface area contributed by atoms with Crippen molar-refractivity contribution in [1.29, 1.82) is 0 Å². The third kappa shape index (κ3) is 5.09. The molecule has 146 valence electrons. The van der Waals surface area contributed by atoms with E-state index in [1.807, 2.05) is 11.9 Å². The van der Waals surface area contributed by atoms with Gasteiger partial charge in [0.15, 0.2) is 0 Å². The Hall–Kier alpha value is -1.90. The van der Waals surface area contributed by atoms with Crippen LogP contribution in [0.4, 0.5) is 8.78 Å². The number of rotatable bonds is 6. The minimum atomic E-state index is -0.811. The first-order chi connectivity index (χ1) is 12.9. The number of aromatic nitrogens is 1. The van der Waals surface area contributed by atoms with Crippen molar-refractivity contribution in [2.24, 2.45) is 0 Å². The number of carboxylic acid groups (broad SMARTS) is 1. The summed E-state index contributed by atoms with van der Waals surface area (Å²) in [5.41, 5.74) is 0.255. The molecule has 0 bridgehead atoms. The molecule has 1 aromatic heterocycles. The van der Waals surface area contributed by atoms with Gasteiger partial charge in [0.1, 0.15) is 16.6 Å². The molecule has 1 aliphatic heterocycles. The van der Waals surface area contributed by atoms with Crippen LogP contribution in [-0.2, 0) is 11.3 Å². The summed E-state index contributed by atoms with van der Waals surface area (Å²) in [6.07, 6.45) is 2.84. The van der Waals surface area contributed by atoms with Crippen LogP contribution in [0.15, 0.2) is 23.6 Å². The third-order valence-electron chi connectivity index (χ3n) is 4.93. The molecule has 2 heterocycles. The van der Waals surface area contributed by atoms with Gasteiger partial charge in [0.25, 0.3) is 0 Å². The molecular formula is C19H23F2N3O2S. The van der Waals surface area contributed by atoms with E-state index in [0.29, 0.717) is 12.2 Å². The maximum Gasteiger partial charge on any atom is 0.317 e. The highest BCUT2D eigenvalue weighted by Crippen LogP contribution is 2.28. The maximum absolute atomic E-state index is 13.9. The summed E-state index contributed by atoms with van der Waals surface area (Å²) in [6, 6.07) is 4.07. The van der Waals surface area contributed by atoms with E-state index in [0.717, 1.165) is 37.4 Å². The van der Waals surface area contributed by atoms with E-state index in [1.54, 1.807) is 5.38 Å². The fourth-order valence-electron chi connectivity index (χ4n) is 3.51. The largest absolute Gasteiger partial charge is 0.480 e. The Kier molecular flexibility index (Phi) is 6.51. The number of carboxylic acids is 1. The Bertz CT molecular complexity index is 779. The predicted molar refractivity (Wildman–Crippen MR) is 101 cm³/mol. The summed E-state index contributed by atoms with van der Waals surface area (Å²) in [7, 11) is 1.85. The standard InChI is InChI=1S/C19H23F2N3O2S/c1-23(11-18(25)26)13-4-3-8-24(9-7-13)10-17-22-16(12-27-17)19-14(20)5-2-6-15(19)21/h2,5-6,12-13H,3-4,7-11H2,1H3,(H,25,26). The van der Waals surface area contributed by atoms with E-state index in [1.165, 1.54) is 29.5 Å². The van der Waals surface area contributed by atoms with Crippen LogP contribution in [0.1, 0.15) is 24.3 Å². The average molecular weight is 395 g/mol. The molecule has 1 unspecified atom stereocenters. The van der Waals surface area contributed by atoms with Gasteiger partial charge >= 0.3 is 5.97 Å². The van der Waals surface area contributed by atoms with Gasteiger partial charge in [0.05, 0.1) is 24.3 Å². The Morgan fingerprint density at radius 1 is 1.33 bits per heavy atom. The summed E-state index contributed by atoms with van der Waals surface area (Å²) in [6.45, 7) is 2.43. The summed E-state index contributed by atoms with van der Waals surface area (Å²) < 4.78 is 27.9. The van der Waals surface area contributed by atoms with Crippen molar-refractivity contribution in [3.8, 4) is 11.3 Å². The van der Waals surface area contributed by atoms with Crippen LogP contribution in [-0.4, -0.2) is 58.6 Å². The number of likely N-dealkylation sites (N-methyl/N-ethyl adjacent to an activating group) is 1.